The van der Waals surface area contributed by atoms with Gasteiger partial charge in [-0.05, 0) is 67.4 Å². The van der Waals surface area contributed by atoms with Crippen LogP contribution in [-0.4, -0.2) is 58.5 Å². The van der Waals surface area contributed by atoms with Crippen LogP contribution < -0.4 is 19.1 Å². The zero-order chi connectivity index (χ0) is 30.9. The summed E-state index contributed by atoms with van der Waals surface area (Å²) in [5, 5.41) is 3.78. The first-order chi connectivity index (χ1) is 20.0. The van der Waals surface area contributed by atoms with Crippen molar-refractivity contribution in [2.24, 2.45) is 0 Å². The van der Waals surface area contributed by atoms with E-state index >= 15 is 0 Å². The summed E-state index contributed by atoms with van der Waals surface area (Å²) in [5.74, 6) is -0.362. The van der Waals surface area contributed by atoms with Crippen LogP contribution in [0.5, 0.6) is 11.5 Å². The molecule has 0 aliphatic carbocycles. The van der Waals surface area contributed by atoms with Crippen LogP contribution in [-0.2, 0) is 26.2 Å². The fourth-order valence-corrected chi connectivity index (χ4v) is 5.83. The monoisotopic (exact) mass is 635 g/mol. The van der Waals surface area contributed by atoms with Gasteiger partial charge in [-0.25, -0.2) is 8.42 Å². The Labute approximate surface area is 257 Å². The quantitative estimate of drug-likeness (QED) is 0.233. The van der Waals surface area contributed by atoms with Crippen molar-refractivity contribution in [2.75, 3.05) is 31.6 Å². The molecule has 0 radical (unpaired) electrons. The normalized spacial score (nSPS) is 11.9. The smallest absolute Gasteiger partial charge is 0.264 e. The molecule has 1 atom stereocenters. The molecule has 0 saturated carbocycles. The molecule has 2 amide bonds. The number of nitrogens with zero attached hydrogens (tertiary/aromatic N) is 2. The summed E-state index contributed by atoms with van der Waals surface area (Å²) in [6, 6.07) is 16.3. The summed E-state index contributed by atoms with van der Waals surface area (Å²) in [4.78, 5) is 28.3. The van der Waals surface area contributed by atoms with E-state index in [1.807, 2.05) is 6.92 Å². The maximum atomic E-state index is 14.0. The number of sulfonamides is 1. The van der Waals surface area contributed by atoms with E-state index in [-0.39, 0.29) is 28.8 Å². The molecule has 3 aromatic carbocycles. The number of hydrogen-bond donors (Lipinski definition) is 1. The van der Waals surface area contributed by atoms with Crippen molar-refractivity contribution in [1.29, 1.82) is 0 Å². The molecule has 0 spiro atoms. The minimum Gasteiger partial charge on any atom is -0.493 e. The fraction of sp³-hybridized carbons (Fsp3) is 0.333. The van der Waals surface area contributed by atoms with Gasteiger partial charge in [0.15, 0.2) is 11.5 Å². The van der Waals surface area contributed by atoms with Crippen molar-refractivity contribution in [2.45, 2.75) is 44.2 Å². The molecule has 3 rings (SSSR count). The summed E-state index contributed by atoms with van der Waals surface area (Å²) in [7, 11) is -1.46. The highest BCUT2D eigenvalue weighted by Gasteiger charge is 2.33. The zero-order valence-corrected chi connectivity index (χ0v) is 26.3. The van der Waals surface area contributed by atoms with Crippen molar-refractivity contribution in [3.63, 3.8) is 0 Å². The topological polar surface area (TPSA) is 105 Å². The van der Waals surface area contributed by atoms with Crippen molar-refractivity contribution in [1.82, 2.24) is 10.2 Å². The molecule has 9 nitrogen and oxygen atoms in total. The molecule has 0 aliphatic heterocycles. The van der Waals surface area contributed by atoms with Crippen LogP contribution in [0.2, 0.25) is 10.0 Å². The van der Waals surface area contributed by atoms with E-state index < -0.39 is 28.5 Å². The lowest BCUT2D eigenvalue weighted by molar-refractivity contribution is -0.139. The van der Waals surface area contributed by atoms with Crippen molar-refractivity contribution >= 4 is 50.7 Å². The minimum atomic E-state index is -4.31. The van der Waals surface area contributed by atoms with E-state index in [1.165, 1.54) is 61.6 Å². The first-order valence-corrected chi connectivity index (χ1v) is 15.5. The Kier molecular flexibility index (Phi) is 11.9. The molecule has 0 saturated heterocycles. The standard InChI is InChI=1S/C30H35Cl2N3O6S/c1-5-6-17-33-30(37)21(2)34(19-22-7-9-23(31)10-8-22)29(36)20-35(25-13-11-24(32)12-14-25)42(38,39)26-15-16-27(40-3)28(18-26)41-4/h7-16,18,21H,5-6,17,19-20H2,1-4H3,(H,33,37). The number of amides is 2. The molecule has 1 N–H and O–H groups in total. The number of hydrogen-bond acceptors (Lipinski definition) is 6. The largest absolute Gasteiger partial charge is 0.493 e. The fourth-order valence-electron chi connectivity index (χ4n) is 4.15. The number of rotatable bonds is 14. The third-order valence-corrected chi connectivity index (χ3v) is 8.87. The number of carbonyl (C=O) groups is 2. The lowest BCUT2D eigenvalue weighted by Gasteiger charge is -2.32. The Morgan fingerprint density at radius 2 is 1.50 bits per heavy atom. The van der Waals surface area contributed by atoms with Crippen LogP contribution in [0.1, 0.15) is 32.3 Å². The van der Waals surface area contributed by atoms with E-state index in [4.69, 9.17) is 32.7 Å². The van der Waals surface area contributed by atoms with E-state index in [0.717, 1.165) is 22.7 Å². The lowest BCUT2D eigenvalue weighted by atomic mass is 10.1. The number of ether oxygens (including phenoxy) is 2. The highest BCUT2D eigenvalue weighted by molar-refractivity contribution is 7.92. The molecule has 226 valence electrons. The van der Waals surface area contributed by atoms with Crippen LogP contribution in [0.25, 0.3) is 0 Å². The first kappa shape index (κ1) is 33.0. The molecular formula is C30H35Cl2N3O6S. The number of methoxy groups -OCH3 is 2. The van der Waals surface area contributed by atoms with E-state index in [1.54, 1.807) is 31.2 Å². The lowest BCUT2D eigenvalue weighted by Crippen LogP contribution is -2.51. The second-order valence-electron chi connectivity index (χ2n) is 9.47. The van der Waals surface area contributed by atoms with E-state index in [9.17, 15) is 18.0 Å². The maximum absolute atomic E-state index is 14.0. The number of carbonyl (C=O) groups excluding carboxylic acids is 2. The van der Waals surface area contributed by atoms with E-state index in [0.29, 0.717) is 22.3 Å². The van der Waals surface area contributed by atoms with Crippen LogP contribution in [0.4, 0.5) is 5.69 Å². The summed E-state index contributed by atoms with van der Waals surface area (Å²) < 4.78 is 39.7. The Morgan fingerprint density at radius 1 is 0.905 bits per heavy atom. The second-order valence-corrected chi connectivity index (χ2v) is 12.2. The molecule has 42 heavy (non-hydrogen) atoms. The highest BCUT2D eigenvalue weighted by Crippen LogP contribution is 2.32. The Balaban J connectivity index is 2.03. The van der Waals surface area contributed by atoms with Gasteiger partial charge in [-0.3, -0.25) is 13.9 Å². The maximum Gasteiger partial charge on any atom is 0.264 e. The van der Waals surface area contributed by atoms with Crippen molar-refractivity contribution in [3.8, 4) is 11.5 Å². The summed E-state index contributed by atoms with van der Waals surface area (Å²) in [6.07, 6.45) is 1.68. The molecule has 0 fully saturated rings. The third kappa shape index (κ3) is 8.30. The van der Waals surface area contributed by atoms with Gasteiger partial charge in [0.2, 0.25) is 11.8 Å². The Bertz CT molecular complexity index is 1470. The minimum absolute atomic E-state index is 0.0588. The summed E-state index contributed by atoms with van der Waals surface area (Å²) in [5.41, 5.74) is 0.941. The molecule has 0 aliphatic rings. The number of anilines is 1. The SMILES string of the molecule is CCCCNC(=O)C(C)N(Cc1ccc(Cl)cc1)C(=O)CN(c1ccc(Cl)cc1)S(=O)(=O)c1ccc(OC)c(OC)c1. The molecule has 0 heterocycles. The van der Waals surface area contributed by atoms with Crippen LogP contribution >= 0.6 is 23.2 Å². The molecule has 1 unspecified atom stereocenters. The van der Waals surface area contributed by atoms with Gasteiger partial charge in [-0.2, -0.15) is 0 Å². The predicted octanol–water partition coefficient (Wildman–Crippen LogP) is 5.54. The molecule has 12 heteroatoms. The number of halogens is 2. The Hall–Kier alpha value is -3.47. The Morgan fingerprint density at radius 3 is 2.07 bits per heavy atom. The molecule has 0 bridgehead atoms. The predicted molar refractivity (Wildman–Crippen MR) is 165 cm³/mol. The van der Waals surface area contributed by atoms with Gasteiger partial charge in [-0.15, -0.1) is 0 Å². The van der Waals surface area contributed by atoms with Gasteiger partial charge in [0.05, 0.1) is 24.8 Å². The summed E-state index contributed by atoms with van der Waals surface area (Å²) >= 11 is 12.1. The molecular weight excluding hydrogens is 601 g/mol. The van der Waals surface area contributed by atoms with Gasteiger partial charge >= 0.3 is 0 Å². The van der Waals surface area contributed by atoms with Crippen molar-refractivity contribution < 1.29 is 27.5 Å². The van der Waals surface area contributed by atoms with E-state index in [2.05, 4.69) is 5.32 Å². The average molecular weight is 637 g/mol. The zero-order valence-electron chi connectivity index (χ0n) is 24.0. The van der Waals surface area contributed by atoms with Crippen LogP contribution in [0.15, 0.2) is 71.6 Å². The second kappa shape index (κ2) is 15.1. The summed E-state index contributed by atoms with van der Waals surface area (Å²) in [6.45, 7) is 3.57. The number of unbranched alkanes of at least 4 members (excludes halogenated alkanes) is 1. The number of benzene rings is 3. The van der Waals surface area contributed by atoms with Crippen LogP contribution in [0, 0.1) is 0 Å². The van der Waals surface area contributed by atoms with Gasteiger partial charge in [0.1, 0.15) is 12.6 Å². The first-order valence-electron chi connectivity index (χ1n) is 13.3. The van der Waals surface area contributed by atoms with Crippen molar-refractivity contribution in [3.05, 3.63) is 82.3 Å². The number of nitrogens with one attached hydrogen (secondary N) is 1. The molecule has 3 aromatic rings. The van der Waals surface area contributed by atoms with Gasteiger partial charge < -0.3 is 19.7 Å². The average Bonchev–Trinajstić information content (AvgIpc) is 2.99. The van der Waals surface area contributed by atoms with Crippen LogP contribution in [0.3, 0.4) is 0 Å². The van der Waals surface area contributed by atoms with Gasteiger partial charge in [0, 0.05) is 29.2 Å². The molecule has 0 aromatic heterocycles. The third-order valence-electron chi connectivity index (χ3n) is 6.60. The highest BCUT2D eigenvalue weighted by atomic mass is 35.5. The van der Waals surface area contributed by atoms with Gasteiger partial charge in [-0.1, -0.05) is 48.7 Å². The van der Waals surface area contributed by atoms with Gasteiger partial charge in [0.25, 0.3) is 10.0 Å².